The largest absolute Gasteiger partial charge is 0.506 e. The number of anilines is 1. The van der Waals surface area contributed by atoms with Crippen molar-refractivity contribution in [2.45, 2.75) is 13.0 Å². The Bertz CT molecular complexity index is 364. The number of esters is 1. The van der Waals surface area contributed by atoms with Crippen LogP contribution >= 0.6 is 0 Å². The number of hydrogen-bond acceptors (Lipinski definition) is 5. The standard InChI is InChI=1S/C10H13NO4/c1-6(10(13)14-2)15-8-5-3-4-7(12)9(8)11/h3-6,12H,11H2,1-2H3. The van der Waals surface area contributed by atoms with Gasteiger partial charge in [0.2, 0.25) is 0 Å². The van der Waals surface area contributed by atoms with Crippen molar-refractivity contribution in [1.29, 1.82) is 0 Å². The van der Waals surface area contributed by atoms with Crippen molar-refractivity contribution in [3.05, 3.63) is 18.2 Å². The van der Waals surface area contributed by atoms with Crippen LogP contribution in [0, 0.1) is 0 Å². The molecule has 0 saturated heterocycles. The molecule has 0 saturated carbocycles. The van der Waals surface area contributed by atoms with Crippen LogP contribution < -0.4 is 10.5 Å². The van der Waals surface area contributed by atoms with Gasteiger partial charge in [-0.2, -0.15) is 0 Å². The van der Waals surface area contributed by atoms with Crippen LogP contribution in [0.1, 0.15) is 6.92 Å². The van der Waals surface area contributed by atoms with Gasteiger partial charge < -0.3 is 20.3 Å². The fourth-order valence-electron chi connectivity index (χ4n) is 1.04. The maximum atomic E-state index is 11.1. The molecule has 0 heterocycles. The predicted octanol–water partition coefficient (Wildman–Crippen LogP) is 0.915. The highest BCUT2D eigenvalue weighted by atomic mass is 16.6. The topological polar surface area (TPSA) is 81.8 Å². The molecule has 5 heteroatoms. The molecular weight excluding hydrogens is 198 g/mol. The van der Waals surface area contributed by atoms with E-state index in [0.29, 0.717) is 0 Å². The van der Waals surface area contributed by atoms with Gasteiger partial charge in [-0.25, -0.2) is 4.79 Å². The van der Waals surface area contributed by atoms with Crippen LogP contribution in [0.15, 0.2) is 18.2 Å². The summed E-state index contributed by atoms with van der Waals surface area (Å²) < 4.78 is 9.71. The van der Waals surface area contributed by atoms with Gasteiger partial charge in [0, 0.05) is 0 Å². The number of carbonyl (C=O) groups excluding carboxylic acids is 1. The second-order valence-electron chi connectivity index (χ2n) is 2.97. The maximum absolute atomic E-state index is 11.1. The van der Waals surface area contributed by atoms with Gasteiger partial charge in [0.25, 0.3) is 0 Å². The molecule has 3 N–H and O–H groups in total. The van der Waals surface area contributed by atoms with E-state index < -0.39 is 12.1 Å². The molecule has 1 aromatic rings. The summed E-state index contributed by atoms with van der Waals surface area (Å²) in [5.74, 6) is -0.324. The second-order valence-corrected chi connectivity index (χ2v) is 2.97. The Morgan fingerprint density at radius 3 is 2.80 bits per heavy atom. The van der Waals surface area contributed by atoms with Crippen LogP contribution in [0.3, 0.4) is 0 Å². The lowest BCUT2D eigenvalue weighted by Gasteiger charge is -2.14. The lowest BCUT2D eigenvalue weighted by molar-refractivity contribution is -0.147. The smallest absolute Gasteiger partial charge is 0.346 e. The van der Waals surface area contributed by atoms with E-state index in [9.17, 15) is 9.90 Å². The molecule has 1 atom stereocenters. The fourth-order valence-corrected chi connectivity index (χ4v) is 1.04. The normalized spacial score (nSPS) is 11.9. The zero-order chi connectivity index (χ0) is 11.4. The Morgan fingerprint density at radius 2 is 2.20 bits per heavy atom. The summed E-state index contributed by atoms with van der Waals surface area (Å²) in [6, 6.07) is 4.57. The zero-order valence-electron chi connectivity index (χ0n) is 8.56. The van der Waals surface area contributed by atoms with Gasteiger partial charge >= 0.3 is 5.97 Å². The summed E-state index contributed by atoms with van der Waals surface area (Å²) in [6.07, 6.45) is -0.765. The summed E-state index contributed by atoms with van der Waals surface area (Å²) >= 11 is 0. The number of para-hydroxylation sites is 1. The second kappa shape index (κ2) is 4.54. The van der Waals surface area contributed by atoms with Crippen molar-refractivity contribution in [3.8, 4) is 11.5 Å². The van der Waals surface area contributed by atoms with E-state index in [-0.39, 0.29) is 17.2 Å². The third kappa shape index (κ3) is 2.52. The number of rotatable bonds is 3. The molecule has 5 nitrogen and oxygen atoms in total. The summed E-state index contributed by atoms with van der Waals surface area (Å²) in [5.41, 5.74) is 5.65. The molecule has 0 spiro atoms. The molecular formula is C10H13NO4. The van der Waals surface area contributed by atoms with Crippen molar-refractivity contribution in [1.82, 2.24) is 0 Å². The van der Waals surface area contributed by atoms with Gasteiger partial charge in [-0.3, -0.25) is 0 Å². The van der Waals surface area contributed by atoms with Crippen LogP contribution in [0.4, 0.5) is 5.69 Å². The minimum absolute atomic E-state index is 0.0791. The minimum atomic E-state index is -0.765. The molecule has 0 fully saturated rings. The number of benzene rings is 1. The first-order valence-electron chi connectivity index (χ1n) is 4.38. The van der Waals surface area contributed by atoms with E-state index in [1.54, 1.807) is 12.1 Å². The highest BCUT2D eigenvalue weighted by molar-refractivity contribution is 5.75. The molecule has 0 aromatic heterocycles. The molecule has 15 heavy (non-hydrogen) atoms. The first-order valence-corrected chi connectivity index (χ1v) is 4.38. The SMILES string of the molecule is COC(=O)C(C)Oc1cccc(O)c1N. The van der Waals surface area contributed by atoms with E-state index in [1.807, 2.05) is 0 Å². The molecule has 0 aliphatic rings. The Balaban J connectivity index is 2.81. The van der Waals surface area contributed by atoms with Crippen LogP contribution in [-0.2, 0) is 9.53 Å². The quantitative estimate of drug-likeness (QED) is 0.441. The van der Waals surface area contributed by atoms with E-state index >= 15 is 0 Å². The van der Waals surface area contributed by atoms with Crippen LogP contribution in [0.2, 0.25) is 0 Å². The first-order chi connectivity index (χ1) is 7.06. The first kappa shape index (κ1) is 11.2. The Morgan fingerprint density at radius 1 is 1.53 bits per heavy atom. The predicted molar refractivity (Wildman–Crippen MR) is 54.6 cm³/mol. The zero-order valence-corrected chi connectivity index (χ0v) is 8.56. The fraction of sp³-hybridized carbons (Fsp3) is 0.300. The molecule has 82 valence electrons. The molecule has 0 bridgehead atoms. The van der Waals surface area contributed by atoms with Crippen LogP contribution in [0.5, 0.6) is 11.5 Å². The van der Waals surface area contributed by atoms with Gasteiger partial charge in [0.15, 0.2) is 6.10 Å². The van der Waals surface area contributed by atoms with E-state index in [2.05, 4.69) is 4.74 Å². The van der Waals surface area contributed by atoms with Gasteiger partial charge in [-0.05, 0) is 19.1 Å². The number of ether oxygens (including phenoxy) is 2. The molecule has 1 unspecified atom stereocenters. The third-order valence-corrected chi connectivity index (χ3v) is 1.88. The molecule has 1 rings (SSSR count). The lowest BCUT2D eigenvalue weighted by Crippen LogP contribution is -2.25. The number of phenolic OH excluding ortho intramolecular Hbond substituents is 1. The number of carbonyl (C=O) groups is 1. The Kier molecular flexibility index (Phi) is 3.38. The number of nitrogen functional groups attached to an aromatic ring is 1. The summed E-state index contributed by atoms with van der Waals surface area (Å²) in [5, 5.41) is 9.29. The van der Waals surface area contributed by atoms with Crippen molar-refractivity contribution in [2.24, 2.45) is 0 Å². The van der Waals surface area contributed by atoms with Gasteiger partial charge in [0.1, 0.15) is 17.2 Å². The molecule has 0 aliphatic heterocycles. The minimum Gasteiger partial charge on any atom is -0.506 e. The Labute approximate surface area is 87.4 Å². The highest BCUT2D eigenvalue weighted by Crippen LogP contribution is 2.30. The highest BCUT2D eigenvalue weighted by Gasteiger charge is 2.16. The van der Waals surface area contributed by atoms with Gasteiger partial charge in [-0.15, -0.1) is 0 Å². The Hall–Kier alpha value is -1.91. The average Bonchev–Trinajstić information content (AvgIpc) is 2.23. The van der Waals surface area contributed by atoms with E-state index in [1.165, 1.54) is 20.1 Å². The van der Waals surface area contributed by atoms with E-state index in [0.717, 1.165) is 0 Å². The number of phenols is 1. The van der Waals surface area contributed by atoms with Gasteiger partial charge in [0.05, 0.1) is 7.11 Å². The summed E-state index contributed by atoms with van der Waals surface area (Å²) in [6.45, 7) is 1.54. The number of nitrogens with two attached hydrogens (primary N) is 1. The van der Waals surface area contributed by atoms with Gasteiger partial charge in [-0.1, -0.05) is 6.07 Å². The molecule has 1 aromatic carbocycles. The number of aromatic hydroxyl groups is 1. The molecule has 0 aliphatic carbocycles. The third-order valence-electron chi connectivity index (χ3n) is 1.88. The number of hydrogen-bond donors (Lipinski definition) is 2. The lowest BCUT2D eigenvalue weighted by atomic mass is 10.2. The monoisotopic (exact) mass is 211 g/mol. The number of methoxy groups -OCH3 is 1. The van der Waals surface area contributed by atoms with Crippen LogP contribution in [0.25, 0.3) is 0 Å². The maximum Gasteiger partial charge on any atom is 0.346 e. The van der Waals surface area contributed by atoms with Crippen molar-refractivity contribution in [2.75, 3.05) is 12.8 Å². The van der Waals surface area contributed by atoms with Crippen molar-refractivity contribution >= 4 is 11.7 Å². The van der Waals surface area contributed by atoms with Crippen LogP contribution in [-0.4, -0.2) is 24.3 Å². The van der Waals surface area contributed by atoms with Crippen molar-refractivity contribution < 1.29 is 19.4 Å². The summed E-state index contributed by atoms with van der Waals surface area (Å²) in [4.78, 5) is 11.1. The van der Waals surface area contributed by atoms with E-state index in [4.69, 9.17) is 10.5 Å². The molecule has 0 amide bonds. The van der Waals surface area contributed by atoms with Crippen molar-refractivity contribution in [3.63, 3.8) is 0 Å². The molecule has 0 radical (unpaired) electrons. The average molecular weight is 211 g/mol. The summed E-state index contributed by atoms with van der Waals surface area (Å²) in [7, 11) is 1.27.